The minimum absolute atomic E-state index is 0.0524. The van der Waals surface area contributed by atoms with Gasteiger partial charge in [-0.05, 0) is 18.8 Å². The van der Waals surface area contributed by atoms with Crippen LogP contribution in [0.1, 0.15) is 20.3 Å². The molecule has 84 valence electrons. The lowest BCUT2D eigenvalue weighted by atomic mass is 10.3. The summed E-state index contributed by atoms with van der Waals surface area (Å²) in [5.74, 6) is -0.00719. The van der Waals surface area contributed by atoms with Crippen LogP contribution < -0.4 is 0 Å². The number of nitrogens with zero attached hydrogens (tertiary/aromatic N) is 1. The Morgan fingerprint density at radius 2 is 2.47 bits per heavy atom. The number of carbonyl (C=O) groups excluding carboxylic acids is 2. The van der Waals surface area contributed by atoms with Crippen LogP contribution in [0.15, 0.2) is 11.6 Å². The zero-order valence-corrected chi connectivity index (χ0v) is 9.75. The molecule has 0 saturated heterocycles. The van der Waals surface area contributed by atoms with E-state index >= 15 is 0 Å². The molecule has 1 aliphatic heterocycles. The van der Waals surface area contributed by atoms with E-state index in [1.165, 1.54) is 16.7 Å². The molecule has 0 aromatic carbocycles. The Bertz CT molecular complexity index is 278. The number of ether oxygens (including phenoxy) is 1. The third-order valence-electron chi connectivity index (χ3n) is 2.02. The minimum Gasteiger partial charge on any atom is -0.464 e. The average molecular weight is 229 g/mol. The van der Waals surface area contributed by atoms with Crippen LogP contribution >= 0.6 is 11.8 Å². The molecule has 0 radical (unpaired) electrons. The molecule has 4 nitrogen and oxygen atoms in total. The third kappa shape index (κ3) is 3.27. The summed E-state index contributed by atoms with van der Waals surface area (Å²) in [5, 5.41) is 1.81. The molecule has 1 amide bonds. The van der Waals surface area contributed by atoms with Crippen LogP contribution in [0.3, 0.4) is 0 Å². The van der Waals surface area contributed by atoms with Crippen LogP contribution in [0.25, 0.3) is 0 Å². The van der Waals surface area contributed by atoms with Crippen molar-refractivity contribution in [2.75, 3.05) is 12.4 Å². The van der Waals surface area contributed by atoms with Gasteiger partial charge in [0.1, 0.15) is 6.04 Å². The van der Waals surface area contributed by atoms with Crippen molar-refractivity contribution < 1.29 is 14.3 Å². The van der Waals surface area contributed by atoms with Crippen LogP contribution in [-0.4, -0.2) is 35.2 Å². The molecule has 0 N–H and O–H groups in total. The van der Waals surface area contributed by atoms with Crippen molar-refractivity contribution in [3.63, 3.8) is 0 Å². The van der Waals surface area contributed by atoms with Crippen LogP contribution in [0.5, 0.6) is 0 Å². The smallest absolute Gasteiger partial charge is 0.328 e. The van der Waals surface area contributed by atoms with E-state index in [4.69, 9.17) is 4.74 Å². The normalized spacial score (nSPS) is 17.7. The van der Waals surface area contributed by atoms with Crippen molar-refractivity contribution >= 4 is 23.6 Å². The predicted octanol–water partition coefficient (Wildman–Crippen LogP) is 1.37. The molecule has 0 aromatic rings. The van der Waals surface area contributed by atoms with Gasteiger partial charge in [-0.1, -0.05) is 6.92 Å². The summed E-state index contributed by atoms with van der Waals surface area (Å²) in [6.45, 7) is 4.01. The van der Waals surface area contributed by atoms with Gasteiger partial charge in [-0.25, -0.2) is 4.79 Å². The van der Waals surface area contributed by atoms with Gasteiger partial charge in [0.2, 0.25) is 5.91 Å². The maximum absolute atomic E-state index is 11.5. The summed E-state index contributed by atoms with van der Waals surface area (Å²) >= 11 is 1.43. The number of hydrogen-bond donors (Lipinski definition) is 0. The SMILES string of the molecule is CCCOC(=O)C(C)N1C=CSCC1=O. The summed E-state index contributed by atoms with van der Waals surface area (Å²) in [7, 11) is 0. The zero-order chi connectivity index (χ0) is 11.3. The van der Waals surface area contributed by atoms with Gasteiger partial charge < -0.3 is 9.64 Å². The number of amides is 1. The quantitative estimate of drug-likeness (QED) is 0.683. The van der Waals surface area contributed by atoms with Crippen molar-refractivity contribution in [1.82, 2.24) is 4.90 Å². The summed E-state index contributed by atoms with van der Waals surface area (Å²) in [6, 6.07) is -0.527. The first kappa shape index (κ1) is 12.1. The molecular formula is C10H15NO3S. The summed E-state index contributed by atoms with van der Waals surface area (Å²) in [6.07, 6.45) is 2.42. The summed E-state index contributed by atoms with van der Waals surface area (Å²) in [5.41, 5.74) is 0. The molecule has 0 aliphatic carbocycles. The van der Waals surface area contributed by atoms with Crippen LogP contribution in [-0.2, 0) is 14.3 Å². The molecule has 5 heteroatoms. The molecule has 1 aliphatic rings. The Kier molecular flexibility index (Phi) is 4.68. The molecular weight excluding hydrogens is 214 g/mol. The van der Waals surface area contributed by atoms with E-state index in [0.717, 1.165) is 6.42 Å². The van der Waals surface area contributed by atoms with Crippen LogP contribution in [0, 0.1) is 0 Å². The lowest BCUT2D eigenvalue weighted by Gasteiger charge is -2.26. The van der Waals surface area contributed by atoms with Crippen molar-refractivity contribution in [2.24, 2.45) is 0 Å². The highest BCUT2D eigenvalue weighted by atomic mass is 32.2. The first-order valence-electron chi connectivity index (χ1n) is 4.93. The zero-order valence-electron chi connectivity index (χ0n) is 8.93. The highest BCUT2D eigenvalue weighted by Gasteiger charge is 2.26. The standard InChI is InChI=1S/C10H15NO3S/c1-3-5-14-10(13)8(2)11-4-6-15-7-9(11)12/h4,6,8H,3,5,7H2,1-2H3. The second-order valence-electron chi connectivity index (χ2n) is 3.24. The van der Waals surface area contributed by atoms with Crippen molar-refractivity contribution in [3.05, 3.63) is 11.6 Å². The van der Waals surface area contributed by atoms with E-state index in [-0.39, 0.29) is 11.9 Å². The van der Waals surface area contributed by atoms with Gasteiger partial charge in [0.15, 0.2) is 0 Å². The fraction of sp³-hybridized carbons (Fsp3) is 0.600. The van der Waals surface area contributed by atoms with E-state index in [1.54, 1.807) is 13.1 Å². The Hall–Kier alpha value is -0.970. The van der Waals surface area contributed by atoms with E-state index in [0.29, 0.717) is 12.4 Å². The van der Waals surface area contributed by atoms with E-state index in [2.05, 4.69) is 0 Å². The highest BCUT2D eigenvalue weighted by Crippen LogP contribution is 2.15. The van der Waals surface area contributed by atoms with Gasteiger partial charge in [-0.2, -0.15) is 0 Å². The molecule has 0 aromatic heterocycles. The number of rotatable bonds is 4. The maximum Gasteiger partial charge on any atom is 0.328 e. The van der Waals surface area contributed by atoms with Gasteiger partial charge >= 0.3 is 5.97 Å². The highest BCUT2D eigenvalue weighted by molar-refractivity contribution is 8.02. The molecule has 15 heavy (non-hydrogen) atoms. The Morgan fingerprint density at radius 3 is 3.07 bits per heavy atom. The van der Waals surface area contributed by atoms with Gasteiger partial charge in [0, 0.05) is 6.20 Å². The van der Waals surface area contributed by atoms with Gasteiger partial charge in [0.25, 0.3) is 0 Å². The Morgan fingerprint density at radius 1 is 1.73 bits per heavy atom. The van der Waals surface area contributed by atoms with Crippen LogP contribution in [0.4, 0.5) is 0 Å². The minimum atomic E-state index is -0.527. The van der Waals surface area contributed by atoms with Crippen LogP contribution in [0.2, 0.25) is 0 Å². The first-order valence-corrected chi connectivity index (χ1v) is 5.97. The van der Waals surface area contributed by atoms with Crippen molar-refractivity contribution in [1.29, 1.82) is 0 Å². The molecule has 1 rings (SSSR count). The van der Waals surface area contributed by atoms with Crippen molar-refractivity contribution in [3.8, 4) is 0 Å². The third-order valence-corrected chi connectivity index (χ3v) is 2.75. The molecule has 0 fully saturated rings. The summed E-state index contributed by atoms with van der Waals surface area (Å²) < 4.78 is 4.98. The first-order chi connectivity index (χ1) is 7.16. The summed E-state index contributed by atoms with van der Waals surface area (Å²) in [4.78, 5) is 24.4. The molecule has 0 spiro atoms. The molecule has 1 unspecified atom stereocenters. The number of esters is 1. The average Bonchev–Trinajstić information content (AvgIpc) is 2.25. The van der Waals surface area contributed by atoms with Gasteiger partial charge in [-0.15, -0.1) is 11.8 Å². The van der Waals surface area contributed by atoms with E-state index in [1.807, 2.05) is 12.3 Å². The predicted molar refractivity (Wildman–Crippen MR) is 59.2 cm³/mol. The van der Waals surface area contributed by atoms with Gasteiger partial charge in [0.05, 0.1) is 12.4 Å². The van der Waals surface area contributed by atoms with Gasteiger partial charge in [-0.3, -0.25) is 4.79 Å². The molecule has 0 saturated carbocycles. The lowest BCUT2D eigenvalue weighted by Crippen LogP contribution is -2.42. The number of thioether (sulfide) groups is 1. The largest absolute Gasteiger partial charge is 0.464 e. The number of hydrogen-bond acceptors (Lipinski definition) is 4. The Labute approximate surface area is 93.6 Å². The maximum atomic E-state index is 11.5. The molecule has 1 atom stereocenters. The fourth-order valence-corrected chi connectivity index (χ4v) is 1.77. The topological polar surface area (TPSA) is 46.6 Å². The van der Waals surface area contributed by atoms with E-state index in [9.17, 15) is 9.59 Å². The van der Waals surface area contributed by atoms with Crippen molar-refractivity contribution in [2.45, 2.75) is 26.3 Å². The fourth-order valence-electron chi connectivity index (χ4n) is 1.17. The lowest BCUT2D eigenvalue weighted by molar-refractivity contribution is -0.151. The molecule has 0 bridgehead atoms. The monoisotopic (exact) mass is 229 g/mol. The number of carbonyl (C=O) groups is 2. The Balaban J connectivity index is 2.54. The van der Waals surface area contributed by atoms with E-state index < -0.39 is 6.04 Å². The molecule has 1 heterocycles. The second-order valence-corrected chi connectivity index (χ2v) is 4.13. The second kappa shape index (κ2) is 5.80.